The summed E-state index contributed by atoms with van der Waals surface area (Å²) in [4.78, 5) is 17.6. The Morgan fingerprint density at radius 1 is 0.787 bits per heavy atom. The highest BCUT2D eigenvalue weighted by Crippen LogP contribution is 2.45. The zero-order valence-corrected chi connectivity index (χ0v) is 27.7. The molecule has 5 atom stereocenters. The Kier molecular flexibility index (Phi) is 9.92. The minimum absolute atomic E-state index is 0.245. The molecule has 6 rings (SSSR count). The lowest BCUT2D eigenvalue weighted by atomic mass is 9.80. The van der Waals surface area contributed by atoms with E-state index in [9.17, 15) is 9.90 Å². The standard InChI is InChI=1S/C40H46N2O5/c1-5-41(6-2)38(44)35(43)34-37-36(46-39(3,4)47-37)33(42(34)27-29-19-11-7-12-20-29)28-45-40(30-21-13-8-14-22-30,31-23-15-9-16-24-31)32-25-17-10-18-26-32/h7-26,33-37,43H,5-6,27-28H2,1-4H3/t33-,34+,35-,36+,37-/m0/s1. The number of nitrogens with zero attached hydrogens (tertiary/aromatic N) is 2. The molecule has 7 heteroatoms. The maximum absolute atomic E-state index is 13.7. The molecule has 2 aliphatic rings. The zero-order valence-electron chi connectivity index (χ0n) is 27.7. The summed E-state index contributed by atoms with van der Waals surface area (Å²) in [5, 5.41) is 11.9. The number of rotatable bonds is 12. The molecule has 0 unspecified atom stereocenters. The lowest BCUT2D eigenvalue weighted by Crippen LogP contribution is -2.55. The molecule has 47 heavy (non-hydrogen) atoms. The van der Waals surface area contributed by atoms with Crippen LogP contribution < -0.4 is 0 Å². The average Bonchev–Trinajstić information content (AvgIpc) is 3.56. The number of fused-ring (bicyclic) bond motifs is 1. The van der Waals surface area contributed by atoms with E-state index in [-0.39, 0.29) is 18.6 Å². The number of aliphatic hydroxyl groups excluding tert-OH is 1. The summed E-state index contributed by atoms with van der Waals surface area (Å²) < 4.78 is 20.5. The highest BCUT2D eigenvalue weighted by Gasteiger charge is 2.61. The summed E-state index contributed by atoms with van der Waals surface area (Å²) in [5.74, 6) is -1.20. The van der Waals surface area contributed by atoms with Crippen LogP contribution in [0.3, 0.4) is 0 Å². The van der Waals surface area contributed by atoms with Crippen LogP contribution in [0.15, 0.2) is 121 Å². The van der Waals surface area contributed by atoms with Gasteiger partial charge in [0.25, 0.3) is 5.91 Å². The molecule has 4 aromatic carbocycles. The molecule has 0 spiro atoms. The predicted molar refractivity (Wildman–Crippen MR) is 182 cm³/mol. The number of carbonyl (C=O) groups is 1. The van der Waals surface area contributed by atoms with Crippen molar-refractivity contribution < 1.29 is 24.1 Å². The summed E-state index contributed by atoms with van der Waals surface area (Å²) >= 11 is 0. The molecule has 0 radical (unpaired) electrons. The number of likely N-dealkylation sites (tertiary alicyclic amines) is 1. The van der Waals surface area contributed by atoms with Crippen LogP contribution in [0, 0.1) is 0 Å². The third kappa shape index (κ3) is 6.51. The molecule has 2 saturated heterocycles. The monoisotopic (exact) mass is 634 g/mol. The summed E-state index contributed by atoms with van der Waals surface area (Å²) in [5.41, 5.74) is 3.11. The van der Waals surface area contributed by atoms with E-state index in [0.717, 1.165) is 22.3 Å². The molecular formula is C40H46N2O5. The van der Waals surface area contributed by atoms with Crippen LogP contribution in [0.1, 0.15) is 49.9 Å². The number of carbonyl (C=O) groups excluding carboxylic acids is 1. The van der Waals surface area contributed by atoms with Crippen LogP contribution in [0.2, 0.25) is 0 Å². The minimum atomic E-state index is -1.31. The van der Waals surface area contributed by atoms with Crippen LogP contribution in [-0.4, -0.2) is 76.7 Å². The largest absolute Gasteiger partial charge is 0.381 e. The topological polar surface area (TPSA) is 71.5 Å². The van der Waals surface area contributed by atoms with Crippen molar-refractivity contribution >= 4 is 5.91 Å². The van der Waals surface area contributed by atoms with Crippen molar-refractivity contribution in [2.75, 3.05) is 19.7 Å². The maximum atomic E-state index is 13.7. The number of ether oxygens (including phenoxy) is 3. The Labute approximate surface area is 278 Å². The summed E-state index contributed by atoms with van der Waals surface area (Å²) in [6.45, 7) is 9.39. The normalized spacial score (nSPS) is 22.9. The van der Waals surface area contributed by atoms with E-state index in [1.54, 1.807) is 4.90 Å². The average molecular weight is 635 g/mol. The number of hydrogen-bond acceptors (Lipinski definition) is 6. The van der Waals surface area contributed by atoms with E-state index < -0.39 is 35.7 Å². The minimum Gasteiger partial charge on any atom is -0.381 e. The fourth-order valence-electron chi connectivity index (χ4n) is 7.39. The molecule has 0 bridgehead atoms. The molecule has 2 fully saturated rings. The van der Waals surface area contributed by atoms with Gasteiger partial charge in [0.2, 0.25) is 0 Å². The predicted octanol–water partition coefficient (Wildman–Crippen LogP) is 6.00. The second-order valence-corrected chi connectivity index (χ2v) is 12.8. The Morgan fingerprint density at radius 3 is 1.70 bits per heavy atom. The van der Waals surface area contributed by atoms with Crippen molar-refractivity contribution in [3.8, 4) is 0 Å². The van der Waals surface area contributed by atoms with Gasteiger partial charge in [0.05, 0.1) is 18.7 Å². The third-order valence-corrected chi connectivity index (χ3v) is 9.56. The van der Waals surface area contributed by atoms with E-state index in [0.29, 0.717) is 19.6 Å². The fourth-order valence-corrected chi connectivity index (χ4v) is 7.39. The molecule has 1 N–H and O–H groups in total. The number of likely N-dealkylation sites (N-methyl/N-ethyl adjacent to an activating group) is 1. The smallest absolute Gasteiger partial charge is 0.253 e. The van der Waals surface area contributed by atoms with Crippen LogP contribution in [0.25, 0.3) is 0 Å². The Hall–Kier alpha value is -3.85. The van der Waals surface area contributed by atoms with Gasteiger partial charge in [-0.15, -0.1) is 0 Å². The van der Waals surface area contributed by atoms with Crippen molar-refractivity contribution in [2.24, 2.45) is 0 Å². The summed E-state index contributed by atoms with van der Waals surface area (Å²) in [6, 6.07) is 40.0. The van der Waals surface area contributed by atoms with E-state index in [4.69, 9.17) is 14.2 Å². The molecule has 0 aromatic heterocycles. The molecule has 1 amide bonds. The van der Waals surface area contributed by atoms with Gasteiger partial charge in [-0.2, -0.15) is 0 Å². The molecule has 2 aliphatic heterocycles. The zero-order chi connectivity index (χ0) is 33.0. The highest BCUT2D eigenvalue weighted by atomic mass is 16.8. The lowest BCUT2D eigenvalue weighted by molar-refractivity contribution is -0.183. The number of amides is 1. The van der Waals surface area contributed by atoms with Crippen LogP contribution in [0.5, 0.6) is 0 Å². The van der Waals surface area contributed by atoms with Gasteiger partial charge in [-0.25, -0.2) is 0 Å². The fraction of sp³-hybridized carbons (Fsp3) is 0.375. The Balaban J connectivity index is 1.46. The number of benzene rings is 4. The van der Waals surface area contributed by atoms with Crippen molar-refractivity contribution in [2.45, 2.75) is 76.0 Å². The number of aliphatic hydroxyl groups is 1. The quantitative estimate of drug-likeness (QED) is 0.193. The molecule has 2 heterocycles. The first-order chi connectivity index (χ1) is 22.8. The van der Waals surface area contributed by atoms with Gasteiger partial charge < -0.3 is 24.2 Å². The van der Waals surface area contributed by atoms with Gasteiger partial charge in [-0.1, -0.05) is 121 Å². The van der Waals surface area contributed by atoms with E-state index in [1.807, 2.05) is 100 Å². The first kappa shape index (κ1) is 33.1. The van der Waals surface area contributed by atoms with Crippen molar-refractivity contribution in [1.29, 1.82) is 0 Å². The van der Waals surface area contributed by atoms with Crippen molar-refractivity contribution in [3.05, 3.63) is 144 Å². The highest BCUT2D eigenvalue weighted by molar-refractivity contribution is 5.81. The first-order valence-electron chi connectivity index (χ1n) is 16.7. The van der Waals surface area contributed by atoms with Gasteiger partial charge in [0.1, 0.15) is 17.8 Å². The van der Waals surface area contributed by atoms with Gasteiger partial charge in [0.15, 0.2) is 11.9 Å². The van der Waals surface area contributed by atoms with Crippen LogP contribution in [0.4, 0.5) is 0 Å². The van der Waals surface area contributed by atoms with Gasteiger partial charge in [0, 0.05) is 19.6 Å². The van der Waals surface area contributed by atoms with E-state index >= 15 is 0 Å². The SMILES string of the molecule is CCN(CC)C(=O)[C@@H](O)[C@@H]1[C@@H]2OC(C)(C)O[C@@H]2[C@H](COC(c2ccccc2)(c2ccccc2)c2ccccc2)N1Cc1ccccc1. The Morgan fingerprint density at radius 2 is 1.23 bits per heavy atom. The summed E-state index contributed by atoms with van der Waals surface area (Å²) in [7, 11) is 0. The molecule has 0 saturated carbocycles. The van der Waals surface area contributed by atoms with E-state index in [1.165, 1.54) is 0 Å². The maximum Gasteiger partial charge on any atom is 0.253 e. The van der Waals surface area contributed by atoms with Gasteiger partial charge in [-0.05, 0) is 49.9 Å². The second-order valence-electron chi connectivity index (χ2n) is 12.8. The van der Waals surface area contributed by atoms with Gasteiger partial charge in [-0.3, -0.25) is 9.69 Å². The first-order valence-corrected chi connectivity index (χ1v) is 16.7. The lowest BCUT2D eigenvalue weighted by Gasteiger charge is -2.40. The molecule has 7 nitrogen and oxygen atoms in total. The second kappa shape index (κ2) is 14.1. The third-order valence-electron chi connectivity index (χ3n) is 9.56. The summed E-state index contributed by atoms with van der Waals surface area (Å²) in [6.07, 6.45) is -2.30. The van der Waals surface area contributed by atoms with Crippen molar-refractivity contribution in [1.82, 2.24) is 9.80 Å². The van der Waals surface area contributed by atoms with Crippen LogP contribution in [-0.2, 0) is 31.2 Å². The van der Waals surface area contributed by atoms with Crippen LogP contribution >= 0.6 is 0 Å². The molecular weight excluding hydrogens is 588 g/mol. The molecule has 0 aliphatic carbocycles. The molecule has 246 valence electrons. The Bertz CT molecular complexity index is 1480. The molecule has 4 aromatic rings. The number of hydrogen-bond donors (Lipinski definition) is 1. The van der Waals surface area contributed by atoms with Crippen molar-refractivity contribution in [3.63, 3.8) is 0 Å². The van der Waals surface area contributed by atoms with Gasteiger partial charge >= 0.3 is 0 Å². The van der Waals surface area contributed by atoms with E-state index in [2.05, 4.69) is 53.4 Å².